The number of nitrogens with one attached hydrogen (secondary N) is 1. The lowest BCUT2D eigenvalue weighted by Gasteiger charge is -2.13. The molecule has 0 atom stereocenters. The summed E-state index contributed by atoms with van der Waals surface area (Å²) >= 11 is 5.27. The van der Waals surface area contributed by atoms with Gasteiger partial charge in [0.15, 0.2) is 11.6 Å². The molecule has 4 aromatic carbocycles. The van der Waals surface area contributed by atoms with E-state index in [-0.39, 0.29) is 5.91 Å². The molecule has 0 bridgehead atoms. The normalized spacial score (nSPS) is 10.3. The number of benzene rings is 4. The highest BCUT2D eigenvalue weighted by Gasteiger charge is 2.22. The summed E-state index contributed by atoms with van der Waals surface area (Å²) in [7, 11) is 3.03. The Bertz CT molecular complexity index is 2640. The highest BCUT2D eigenvalue weighted by molar-refractivity contribution is 6.68. The average molecular weight is 909 g/mol. The lowest BCUT2D eigenvalue weighted by atomic mass is 10.1. The summed E-state index contributed by atoms with van der Waals surface area (Å²) in [4.78, 5) is 51.9. The zero-order chi connectivity index (χ0) is 46.9. The van der Waals surface area contributed by atoms with E-state index in [4.69, 9.17) is 21.1 Å². The molecule has 4 aromatic heterocycles. The van der Waals surface area contributed by atoms with Crippen molar-refractivity contribution in [2.45, 2.75) is 46.5 Å². The molecule has 4 heterocycles. The van der Waals surface area contributed by atoms with Gasteiger partial charge in [-0.1, -0.05) is 106 Å². The first-order valence-corrected chi connectivity index (χ1v) is 21.9. The Kier molecular flexibility index (Phi) is 20.2. The van der Waals surface area contributed by atoms with Crippen molar-refractivity contribution in [1.29, 1.82) is 0 Å². The highest BCUT2D eigenvalue weighted by Crippen LogP contribution is 2.21. The van der Waals surface area contributed by atoms with Gasteiger partial charge in [-0.3, -0.25) is 14.7 Å². The van der Waals surface area contributed by atoms with Gasteiger partial charge in [0.1, 0.15) is 23.1 Å². The summed E-state index contributed by atoms with van der Waals surface area (Å²) in [5, 5.41) is 11.0. The van der Waals surface area contributed by atoms with E-state index < -0.39 is 5.24 Å². The number of methoxy groups -OCH3 is 2. The van der Waals surface area contributed by atoms with Crippen LogP contribution >= 0.6 is 11.6 Å². The first-order chi connectivity index (χ1) is 32.3. The van der Waals surface area contributed by atoms with Crippen LogP contribution in [-0.2, 0) is 25.7 Å². The second kappa shape index (κ2) is 27.0. The van der Waals surface area contributed by atoms with Crippen molar-refractivity contribution in [3.63, 3.8) is 0 Å². The van der Waals surface area contributed by atoms with E-state index in [2.05, 4.69) is 83.0 Å². The van der Waals surface area contributed by atoms with Crippen LogP contribution in [0.5, 0.6) is 11.5 Å². The van der Waals surface area contributed by atoms with Crippen LogP contribution in [0.3, 0.4) is 0 Å². The zero-order valence-corrected chi connectivity index (χ0v) is 38.5. The molecule has 66 heavy (non-hydrogen) atoms. The third kappa shape index (κ3) is 15.1. The summed E-state index contributed by atoms with van der Waals surface area (Å²) in [6.07, 6.45) is 9.64. The second-order valence-corrected chi connectivity index (χ2v) is 14.4. The number of aryl methyl sites for hydroxylation is 4. The van der Waals surface area contributed by atoms with E-state index in [1.54, 1.807) is 79.4 Å². The van der Waals surface area contributed by atoms with Crippen LogP contribution in [0, 0.1) is 0 Å². The predicted octanol–water partition coefficient (Wildman–Crippen LogP) is 8.69. The Morgan fingerprint density at radius 2 is 1.03 bits per heavy atom. The standard InChI is InChI=1S/C22H19N5O2.C14H13N5.C8H7ClO2.C6H15N/c1-29-18-11-6-5-10-17(18)22(28)27-19(13-12-16-8-3-2-4-9-16)25-21(26-27)20-23-14-7-15-24-20;1-2-5-11(6-3-1)7-8-12-17-14(19-18-12)13-15-9-4-10-16-13;1-11-7-5-3-2-4-6(7)8(9)10;1-4-7(5-2)6-3/h2-11,14-15H,12-13H2,1H3;1-6,9-10H,7-8H2,(H,17,18,19);2-5H,1H3;4-6H2,1-3H3. The fraction of sp³-hybridized carbons (Fsp3) is 0.240. The van der Waals surface area contributed by atoms with Crippen molar-refractivity contribution in [3.05, 3.63) is 180 Å². The third-order valence-electron chi connectivity index (χ3n) is 9.90. The fourth-order valence-corrected chi connectivity index (χ4v) is 6.48. The maximum absolute atomic E-state index is 13.2. The number of carbonyl (C=O) groups is 2. The van der Waals surface area contributed by atoms with Crippen LogP contribution in [0.25, 0.3) is 23.3 Å². The van der Waals surface area contributed by atoms with Crippen LogP contribution in [0.4, 0.5) is 0 Å². The van der Waals surface area contributed by atoms with Crippen molar-refractivity contribution in [3.8, 4) is 34.8 Å². The summed E-state index contributed by atoms with van der Waals surface area (Å²) in [6.45, 7) is 10.1. The van der Waals surface area contributed by atoms with E-state index in [0.717, 1.165) is 30.7 Å². The molecule has 0 aliphatic carbocycles. The van der Waals surface area contributed by atoms with Gasteiger partial charge < -0.3 is 14.4 Å². The Balaban J connectivity index is 0.000000188. The number of hydrogen-bond donors (Lipinski definition) is 1. The maximum atomic E-state index is 13.2. The van der Waals surface area contributed by atoms with Gasteiger partial charge in [0.25, 0.3) is 11.1 Å². The minimum Gasteiger partial charge on any atom is -0.496 e. The number of para-hydroxylation sites is 2. The Labute approximate surface area is 390 Å². The molecule has 1 N–H and O–H groups in total. The van der Waals surface area contributed by atoms with Crippen LogP contribution in [-0.4, -0.2) is 99.8 Å². The molecule has 15 nitrogen and oxygen atoms in total. The molecule has 0 saturated carbocycles. The molecule has 0 saturated heterocycles. The first-order valence-electron chi connectivity index (χ1n) is 21.5. The molecule has 0 aliphatic rings. The number of aromatic amines is 1. The highest BCUT2D eigenvalue weighted by atomic mass is 35.5. The van der Waals surface area contributed by atoms with Crippen molar-refractivity contribution in [2.24, 2.45) is 0 Å². The topological polar surface area (TPSA) is 180 Å². The largest absolute Gasteiger partial charge is 0.496 e. The number of hydrogen-bond acceptors (Lipinski definition) is 13. The number of ether oxygens (including phenoxy) is 2. The minimum atomic E-state index is -0.498. The number of aromatic nitrogens is 10. The third-order valence-corrected chi connectivity index (χ3v) is 10.1. The molecule has 8 rings (SSSR count). The van der Waals surface area contributed by atoms with Crippen LogP contribution in [0.1, 0.15) is 64.3 Å². The minimum absolute atomic E-state index is 0.305. The van der Waals surface area contributed by atoms with E-state index in [9.17, 15) is 9.59 Å². The number of carbonyl (C=O) groups excluding carboxylic acids is 2. The molecule has 0 spiro atoms. The summed E-state index contributed by atoms with van der Waals surface area (Å²) in [5.74, 6) is 3.87. The van der Waals surface area contributed by atoms with Gasteiger partial charge in [-0.05, 0) is 91.6 Å². The Hall–Kier alpha value is -7.49. The number of nitrogens with zero attached hydrogens (tertiary/aromatic N) is 10. The SMILES string of the molecule is CCN(CC)CC.COc1ccccc1C(=O)Cl.COc1ccccc1C(=O)n1nc(-c2ncccn2)nc1CCc1ccccc1.c1ccc(CCc2nc(-c3ncccn3)n[nH]2)cc1. The molecule has 0 amide bonds. The maximum Gasteiger partial charge on any atom is 0.283 e. The van der Waals surface area contributed by atoms with Gasteiger partial charge in [-0.2, -0.15) is 4.68 Å². The monoisotopic (exact) mass is 907 g/mol. The van der Waals surface area contributed by atoms with Crippen LogP contribution in [0.15, 0.2) is 146 Å². The lowest BCUT2D eigenvalue weighted by molar-refractivity contribution is 0.0937. The van der Waals surface area contributed by atoms with E-state index >= 15 is 0 Å². The molecule has 0 radical (unpaired) electrons. The van der Waals surface area contributed by atoms with Crippen molar-refractivity contribution >= 4 is 22.8 Å². The lowest BCUT2D eigenvalue weighted by Crippen LogP contribution is -2.21. The van der Waals surface area contributed by atoms with Crippen molar-refractivity contribution in [2.75, 3.05) is 33.9 Å². The predicted molar refractivity (Wildman–Crippen MR) is 256 cm³/mol. The van der Waals surface area contributed by atoms with Crippen molar-refractivity contribution < 1.29 is 19.1 Å². The second-order valence-electron chi connectivity index (χ2n) is 14.1. The van der Waals surface area contributed by atoms with Gasteiger partial charge in [0.2, 0.25) is 11.6 Å². The average Bonchev–Trinajstić information content (AvgIpc) is 4.05. The Morgan fingerprint density at radius 1 is 0.561 bits per heavy atom. The number of H-pyrrole nitrogens is 1. The molecular weight excluding hydrogens is 854 g/mol. The van der Waals surface area contributed by atoms with Gasteiger partial charge in [0, 0.05) is 37.6 Å². The van der Waals surface area contributed by atoms with Gasteiger partial charge in [0.05, 0.1) is 25.3 Å². The molecule has 0 unspecified atom stereocenters. The van der Waals surface area contributed by atoms with Crippen molar-refractivity contribution in [1.82, 2.24) is 54.8 Å². The summed E-state index contributed by atoms with van der Waals surface area (Å²) in [5.41, 5.74) is 3.26. The molecule has 0 fully saturated rings. The fourth-order valence-electron chi connectivity index (χ4n) is 6.32. The molecular formula is C50H54ClN11O4. The molecule has 16 heteroatoms. The van der Waals surface area contributed by atoms with Gasteiger partial charge in [-0.15, -0.1) is 10.2 Å². The van der Waals surface area contributed by atoms with E-state index in [1.165, 1.54) is 44.1 Å². The van der Waals surface area contributed by atoms with Gasteiger partial charge in [-0.25, -0.2) is 29.9 Å². The summed E-state index contributed by atoms with van der Waals surface area (Å²) < 4.78 is 11.6. The van der Waals surface area contributed by atoms with Gasteiger partial charge >= 0.3 is 0 Å². The van der Waals surface area contributed by atoms with Crippen LogP contribution in [0.2, 0.25) is 0 Å². The number of halogens is 1. The van der Waals surface area contributed by atoms with E-state index in [0.29, 0.717) is 58.2 Å². The van der Waals surface area contributed by atoms with E-state index in [1.807, 2.05) is 54.6 Å². The Morgan fingerprint density at radius 3 is 1.52 bits per heavy atom. The number of rotatable bonds is 15. The smallest absolute Gasteiger partial charge is 0.283 e. The molecule has 8 aromatic rings. The van der Waals surface area contributed by atoms with Crippen LogP contribution < -0.4 is 9.47 Å². The molecule has 340 valence electrons. The summed E-state index contributed by atoms with van der Waals surface area (Å²) in [6, 6.07) is 37.7. The zero-order valence-electron chi connectivity index (χ0n) is 37.8. The molecule has 0 aliphatic heterocycles. The quantitative estimate of drug-likeness (QED) is 0.0967. The first kappa shape index (κ1) is 49.5.